The summed E-state index contributed by atoms with van der Waals surface area (Å²) in [5, 5.41) is 5.20. The molecule has 3 rings (SSSR count). The molecule has 0 aliphatic rings. The number of nitrogens with two attached hydrogens (primary N) is 1. The van der Waals surface area contributed by atoms with E-state index in [1.807, 2.05) is 30.3 Å². The summed E-state index contributed by atoms with van der Waals surface area (Å²) in [7, 11) is -8.21. The van der Waals surface area contributed by atoms with Crippen LogP contribution in [0.25, 0.3) is 11.1 Å². The van der Waals surface area contributed by atoms with Crippen LogP contribution in [0.15, 0.2) is 76.1 Å². The minimum Gasteiger partial charge on any atom is -0.254 e. The van der Waals surface area contributed by atoms with Gasteiger partial charge in [0.2, 0.25) is 10.0 Å². The van der Waals surface area contributed by atoms with Gasteiger partial charge in [-0.05, 0) is 55.1 Å². The third-order valence-corrected chi connectivity index (χ3v) is 8.55. The van der Waals surface area contributed by atoms with Gasteiger partial charge >= 0.3 is 7.60 Å². The van der Waals surface area contributed by atoms with Crippen molar-refractivity contribution in [2.75, 3.05) is 0 Å². The van der Waals surface area contributed by atoms with E-state index in [2.05, 4.69) is 25.4 Å². The van der Waals surface area contributed by atoms with Crippen LogP contribution in [0.3, 0.4) is 0 Å². The van der Waals surface area contributed by atoms with E-state index < -0.39 is 23.8 Å². The molecule has 0 fully saturated rings. The SMILES string of the molecule is NS(=O)(=O)c1cccc(-c2ccc(CSCc3ccc(CP(=O)(OF)OF)c(Br)c3)cc2)c1.[Na]. The minimum atomic E-state index is -4.45. The molecule has 0 aliphatic carbocycles. The first kappa shape index (κ1) is 29.6. The first-order valence-electron chi connectivity index (χ1n) is 9.40. The molecule has 0 atom stereocenters. The molecule has 0 saturated carbocycles. The second-order valence-electron chi connectivity index (χ2n) is 7.10. The van der Waals surface area contributed by atoms with E-state index in [-0.39, 0.29) is 34.5 Å². The van der Waals surface area contributed by atoms with Crippen LogP contribution < -0.4 is 5.14 Å². The zero-order valence-electron chi connectivity index (χ0n) is 18.0. The molecule has 1 radical (unpaired) electrons. The summed E-state index contributed by atoms with van der Waals surface area (Å²) in [4.78, 5) is 0.0640. The summed E-state index contributed by atoms with van der Waals surface area (Å²) in [6.45, 7) is 0. The van der Waals surface area contributed by atoms with Gasteiger partial charge in [0.1, 0.15) is 0 Å². The first-order valence-corrected chi connectivity index (χ1v) is 14.6. The first-order chi connectivity index (χ1) is 15.6. The number of hydrogen-bond donors (Lipinski definition) is 1. The van der Waals surface area contributed by atoms with Gasteiger partial charge < -0.3 is 0 Å². The minimum absolute atomic E-state index is 0. The normalized spacial score (nSPS) is 11.8. The Labute approximate surface area is 231 Å². The van der Waals surface area contributed by atoms with E-state index in [0.717, 1.165) is 28.0 Å². The monoisotopic (exact) mass is 600 g/mol. The molecule has 0 unspecified atom stereocenters. The van der Waals surface area contributed by atoms with Crippen molar-refractivity contribution in [1.29, 1.82) is 0 Å². The molecule has 0 aliphatic heterocycles. The van der Waals surface area contributed by atoms with Gasteiger partial charge in [0.25, 0.3) is 0 Å². The standard InChI is InChI=1S/C21H19BrF2NO5PS2.Na/c22-21-10-16(6-9-19(21)12-31(26,29-23)30-24)14-32-13-15-4-7-17(8-5-15)18-2-1-3-20(11-18)33(25,27)28;/h1-11H,12-14H2,(H2,25,27,28);. The Bertz CT molecular complexity index is 1270. The van der Waals surface area contributed by atoms with Crippen molar-refractivity contribution in [2.45, 2.75) is 22.6 Å². The molecule has 0 aromatic heterocycles. The Morgan fingerprint density at radius 1 is 0.912 bits per heavy atom. The molecule has 2 N–H and O–H groups in total. The van der Waals surface area contributed by atoms with Crippen molar-refractivity contribution >= 4 is 74.9 Å². The zero-order valence-corrected chi connectivity index (χ0v) is 24.1. The molecule has 177 valence electrons. The van der Waals surface area contributed by atoms with Gasteiger partial charge in [0.15, 0.2) is 0 Å². The van der Waals surface area contributed by atoms with Crippen molar-refractivity contribution in [1.82, 2.24) is 0 Å². The Morgan fingerprint density at radius 2 is 1.53 bits per heavy atom. The van der Waals surface area contributed by atoms with Crippen LogP contribution in [0.2, 0.25) is 0 Å². The predicted molar refractivity (Wildman–Crippen MR) is 134 cm³/mol. The van der Waals surface area contributed by atoms with Gasteiger partial charge in [0, 0.05) is 45.5 Å². The molecule has 0 spiro atoms. The quantitative estimate of drug-likeness (QED) is 0.216. The maximum absolute atomic E-state index is 12.3. The van der Waals surface area contributed by atoms with Gasteiger partial charge in [-0.25, -0.2) is 13.6 Å². The van der Waals surface area contributed by atoms with Crippen LogP contribution in [0.1, 0.15) is 16.7 Å². The van der Waals surface area contributed by atoms with Crippen LogP contribution >= 0.6 is 35.3 Å². The summed E-state index contributed by atoms with van der Waals surface area (Å²) in [5.41, 5.74) is 4.07. The van der Waals surface area contributed by atoms with Gasteiger partial charge in [-0.2, -0.15) is 11.8 Å². The number of sulfonamides is 1. The van der Waals surface area contributed by atoms with E-state index in [0.29, 0.717) is 15.8 Å². The largest absolute Gasteiger partial charge is 0.399 e. The van der Waals surface area contributed by atoms with Crippen LogP contribution in [0.4, 0.5) is 9.05 Å². The van der Waals surface area contributed by atoms with E-state index in [9.17, 15) is 22.0 Å². The third kappa shape index (κ3) is 8.23. The number of primary sulfonamides is 1. The fraction of sp³-hybridized carbons (Fsp3) is 0.143. The second-order valence-corrected chi connectivity index (χ2v) is 12.3. The van der Waals surface area contributed by atoms with Crippen LogP contribution in [0, 0.1) is 0 Å². The molecule has 6 nitrogen and oxygen atoms in total. The average Bonchev–Trinajstić information content (AvgIpc) is 2.81. The fourth-order valence-electron chi connectivity index (χ4n) is 3.01. The van der Waals surface area contributed by atoms with Gasteiger partial charge in [0.05, 0.1) is 11.1 Å². The number of thioether (sulfide) groups is 1. The number of halogens is 3. The van der Waals surface area contributed by atoms with Crippen molar-refractivity contribution in [3.63, 3.8) is 0 Å². The summed E-state index contributed by atoms with van der Waals surface area (Å²) in [5.74, 6) is 1.41. The second kappa shape index (κ2) is 13.1. The number of hydrogen-bond acceptors (Lipinski definition) is 6. The van der Waals surface area contributed by atoms with Crippen LogP contribution in [-0.4, -0.2) is 38.0 Å². The predicted octanol–water partition coefficient (Wildman–Crippen LogP) is 6.31. The third-order valence-electron chi connectivity index (χ3n) is 4.68. The van der Waals surface area contributed by atoms with Crippen molar-refractivity contribution in [3.05, 3.63) is 87.9 Å². The Morgan fingerprint density at radius 3 is 2.12 bits per heavy atom. The smallest absolute Gasteiger partial charge is 0.254 e. The van der Waals surface area contributed by atoms with E-state index >= 15 is 0 Å². The van der Waals surface area contributed by atoms with E-state index in [1.165, 1.54) is 6.07 Å². The van der Waals surface area contributed by atoms with E-state index in [4.69, 9.17) is 5.14 Å². The van der Waals surface area contributed by atoms with Crippen molar-refractivity contribution < 1.29 is 31.5 Å². The molecule has 13 heteroatoms. The van der Waals surface area contributed by atoms with Gasteiger partial charge in [-0.15, -0.1) is 9.46 Å². The van der Waals surface area contributed by atoms with Gasteiger partial charge in [-0.3, -0.25) is 4.57 Å². The zero-order chi connectivity index (χ0) is 24.1. The van der Waals surface area contributed by atoms with Crippen molar-refractivity contribution in [3.8, 4) is 11.1 Å². The van der Waals surface area contributed by atoms with Crippen LogP contribution in [-0.2, 0) is 41.7 Å². The summed E-state index contributed by atoms with van der Waals surface area (Å²) in [6.07, 6.45) is -0.541. The number of benzene rings is 3. The van der Waals surface area contributed by atoms with Gasteiger partial charge in [-0.1, -0.05) is 64.5 Å². The Hall–Kier alpha value is -0.590. The fourth-order valence-corrected chi connectivity index (χ4v) is 6.11. The molecule has 3 aromatic carbocycles. The molecule has 0 saturated heterocycles. The summed E-state index contributed by atoms with van der Waals surface area (Å²) in [6, 6.07) is 19.4. The maximum Gasteiger partial charge on any atom is 0.399 e. The van der Waals surface area contributed by atoms with E-state index in [1.54, 1.807) is 42.1 Å². The summed E-state index contributed by atoms with van der Waals surface area (Å²) >= 11 is 4.97. The number of rotatable bonds is 10. The Balaban J connectivity index is 0.00000408. The van der Waals surface area contributed by atoms with Crippen molar-refractivity contribution in [2.24, 2.45) is 5.14 Å². The maximum atomic E-state index is 12.3. The molecule has 0 amide bonds. The molecule has 0 heterocycles. The summed E-state index contributed by atoms with van der Waals surface area (Å²) < 4.78 is 66.1. The molecular formula is C21H19BrF2NNaO5PS2. The molecule has 0 bridgehead atoms. The molecule has 3 aromatic rings. The Kier molecular flexibility index (Phi) is 11.4. The van der Waals surface area contributed by atoms with Crippen LogP contribution in [0.5, 0.6) is 0 Å². The average molecular weight is 601 g/mol. The molecular weight excluding hydrogens is 582 g/mol. The topological polar surface area (TPSA) is 95.7 Å². The molecule has 34 heavy (non-hydrogen) atoms.